The third-order valence-corrected chi connectivity index (χ3v) is 2.64. The van der Waals surface area contributed by atoms with E-state index in [0.29, 0.717) is 11.9 Å². The van der Waals surface area contributed by atoms with E-state index in [9.17, 15) is 9.90 Å². The SMILES string of the molecule is CCc1nn(C(=O)OC(C)(C)C)c2cc(O)ccc12. The van der Waals surface area contributed by atoms with Crippen molar-refractivity contribution in [3.05, 3.63) is 23.9 Å². The summed E-state index contributed by atoms with van der Waals surface area (Å²) in [6.07, 6.45) is 0.166. The van der Waals surface area contributed by atoms with Crippen molar-refractivity contribution in [2.45, 2.75) is 39.7 Å². The van der Waals surface area contributed by atoms with E-state index in [1.165, 1.54) is 10.7 Å². The lowest BCUT2D eigenvalue weighted by Crippen LogP contribution is -2.27. The predicted octanol–water partition coefficient (Wildman–Crippen LogP) is 3.09. The topological polar surface area (TPSA) is 64.4 Å². The summed E-state index contributed by atoms with van der Waals surface area (Å²) in [6, 6.07) is 4.87. The van der Waals surface area contributed by atoms with Gasteiger partial charge in [-0.05, 0) is 39.3 Å². The standard InChI is InChI=1S/C14H18N2O3/c1-5-11-10-7-6-9(17)8-12(10)16(15-11)13(18)19-14(2,3)4/h6-8,17H,5H2,1-4H3. The van der Waals surface area contributed by atoms with Crippen LogP contribution in [0.15, 0.2) is 18.2 Å². The van der Waals surface area contributed by atoms with Gasteiger partial charge < -0.3 is 9.84 Å². The Bertz CT molecular complexity index is 623. The third kappa shape index (κ3) is 2.70. The maximum atomic E-state index is 12.1. The van der Waals surface area contributed by atoms with Crippen LogP contribution in [0.3, 0.4) is 0 Å². The van der Waals surface area contributed by atoms with Crippen LogP contribution >= 0.6 is 0 Å². The molecule has 0 saturated heterocycles. The van der Waals surface area contributed by atoms with Crippen molar-refractivity contribution in [2.24, 2.45) is 0 Å². The van der Waals surface area contributed by atoms with Crippen LogP contribution in [0, 0.1) is 0 Å². The van der Waals surface area contributed by atoms with Crippen molar-refractivity contribution in [3.8, 4) is 5.75 Å². The van der Waals surface area contributed by atoms with Crippen LogP contribution in [-0.2, 0) is 11.2 Å². The molecule has 0 amide bonds. The molecule has 0 bridgehead atoms. The van der Waals surface area contributed by atoms with Gasteiger partial charge in [0.1, 0.15) is 11.4 Å². The Hall–Kier alpha value is -2.04. The normalized spacial score (nSPS) is 11.8. The maximum absolute atomic E-state index is 12.1. The van der Waals surface area contributed by atoms with Crippen LogP contribution < -0.4 is 0 Å². The Morgan fingerprint density at radius 2 is 2.11 bits per heavy atom. The number of ether oxygens (including phenoxy) is 1. The summed E-state index contributed by atoms with van der Waals surface area (Å²) in [5.74, 6) is 0.0971. The minimum Gasteiger partial charge on any atom is -0.508 e. The van der Waals surface area contributed by atoms with Crippen LogP contribution in [-0.4, -0.2) is 26.6 Å². The fourth-order valence-electron chi connectivity index (χ4n) is 1.87. The molecule has 0 aliphatic heterocycles. The van der Waals surface area contributed by atoms with Gasteiger partial charge in [-0.3, -0.25) is 0 Å². The lowest BCUT2D eigenvalue weighted by molar-refractivity contribution is 0.0522. The van der Waals surface area contributed by atoms with Crippen LogP contribution in [0.4, 0.5) is 4.79 Å². The largest absolute Gasteiger partial charge is 0.508 e. The molecule has 5 heteroatoms. The van der Waals surface area contributed by atoms with E-state index >= 15 is 0 Å². The first-order valence-corrected chi connectivity index (χ1v) is 6.26. The van der Waals surface area contributed by atoms with Gasteiger partial charge in [-0.25, -0.2) is 4.79 Å². The Morgan fingerprint density at radius 3 is 2.68 bits per heavy atom. The molecule has 5 nitrogen and oxygen atoms in total. The van der Waals surface area contributed by atoms with E-state index in [1.54, 1.807) is 32.9 Å². The summed E-state index contributed by atoms with van der Waals surface area (Å²) in [7, 11) is 0. The summed E-state index contributed by atoms with van der Waals surface area (Å²) in [6.45, 7) is 7.37. The lowest BCUT2D eigenvalue weighted by Gasteiger charge is -2.19. The fraction of sp³-hybridized carbons (Fsp3) is 0.429. The molecule has 0 aliphatic rings. The quantitative estimate of drug-likeness (QED) is 0.857. The van der Waals surface area contributed by atoms with E-state index in [1.807, 2.05) is 6.92 Å². The third-order valence-electron chi connectivity index (χ3n) is 2.64. The van der Waals surface area contributed by atoms with Gasteiger partial charge in [-0.2, -0.15) is 9.78 Å². The highest BCUT2D eigenvalue weighted by atomic mass is 16.6. The number of rotatable bonds is 1. The zero-order valence-corrected chi connectivity index (χ0v) is 11.6. The van der Waals surface area contributed by atoms with Crippen molar-refractivity contribution in [1.82, 2.24) is 9.78 Å². The second-order valence-electron chi connectivity index (χ2n) is 5.39. The Kier molecular flexibility index (Phi) is 3.22. The Balaban J connectivity index is 2.54. The first-order valence-electron chi connectivity index (χ1n) is 6.26. The van der Waals surface area contributed by atoms with Crippen LogP contribution in [0.1, 0.15) is 33.4 Å². The van der Waals surface area contributed by atoms with Crippen molar-refractivity contribution >= 4 is 17.0 Å². The number of aromatic nitrogens is 2. The molecule has 0 radical (unpaired) electrons. The highest BCUT2D eigenvalue weighted by Gasteiger charge is 2.21. The zero-order valence-electron chi connectivity index (χ0n) is 11.6. The van der Waals surface area contributed by atoms with E-state index in [-0.39, 0.29) is 5.75 Å². The molecule has 0 saturated carbocycles. The molecule has 0 unspecified atom stereocenters. The molecule has 0 atom stereocenters. The predicted molar refractivity (Wildman–Crippen MR) is 72.4 cm³/mol. The number of carbonyl (C=O) groups excluding carboxylic acids is 1. The molecule has 19 heavy (non-hydrogen) atoms. The number of phenols is 1. The molecule has 2 aromatic rings. The molecule has 0 spiro atoms. The van der Waals surface area contributed by atoms with Crippen molar-refractivity contribution in [3.63, 3.8) is 0 Å². The molecular formula is C14H18N2O3. The first kappa shape index (κ1) is 13.4. The number of nitrogens with zero attached hydrogens (tertiary/aromatic N) is 2. The number of aromatic hydroxyl groups is 1. The second kappa shape index (κ2) is 4.57. The number of hydrogen-bond donors (Lipinski definition) is 1. The lowest BCUT2D eigenvalue weighted by atomic mass is 10.2. The molecule has 0 aliphatic carbocycles. The zero-order chi connectivity index (χ0) is 14.2. The van der Waals surface area contributed by atoms with E-state index in [2.05, 4.69) is 5.10 Å². The highest BCUT2D eigenvalue weighted by molar-refractivity contribution is 5.90. The molecule has 1 aromatic heterocycles. The minimum absolute atomic E-state index is 0.0971. The molecule has 1 N–H and O–H groups in total. The molecule has 2 rings (SSSR count). The number of phenolic OH excluding ortho intramolecular Hbond substituents is 1. The van der Waals surface area contributed by atoms with Gasteiger partial charge in [0.25, 0.3) is 0 Å². The van der Waals surface area contributed by atoms with E-state index in [0.717, 1.165) is 11.1 Å². The summed E-state index contributed by atoms with van der Waals surface area (Å²) in [4.78, 5) is 12.1. The number of benzene rings is 1. The maximum Gasteiger partial charge on any atom is 0.435 e. The molecule has 1 heterocycles. The van der Waals surface area contributed by atoms with Gasteiger partial charge in [-0.1, -0.05) is 6.92 Å². The monoisotopic (exact) mass is 262 g/mol. The average Bonchev–Trinajstić information content (AvgIpc) is 2.64. The van der Waals surface area contributed by atoms with Gasteiger partial charge in [0, 0.05) is 11.5 Å². The minimum atomic E-state index is -0.585. The summed E-state index contributed by atoms with van der Waals surface area (Å²) >= 11 is 0. The molecule has 102 valence electrons. The van der Waals surface area contributed by atoms with Gasteiger partial charge >= 0.3 is 6.09 Å². The number of fused-ring (bicyclic) bond motifs is 1. The van der Waals surface area contributed by atoms with E-state index in [4.69, 9.17) is 4.74 Å². The first-order chi connectivity index (χ1) is 8.81. The molecular weight excluding hydrogens is 244 g/mol. The summed E-state index contributed by atoms with van der Waals surface area (Å²) in [5, 5.41) is 14.7. The van der Waals surface area contributed by atoms with Crippen molar-refractivity contribution < 1.29 is 14.6 Å². The van der Waals surface area contributed by atoms with E-state index < -0.39 is 11.7 Å². The Morgan fingerprint density at radius 1 is 1.42 bits per heavy atom. The van der Waals surface area contributed by atoms with Gasteiger partial charge in [0.2, 0.25) is 0 Å². The average molecular weight is 262 g/mol. The van der Waals surface area contributed by atoms with Gasteiger partial charge in [0.05, 0.1) is 11.2 Å². The summed E-state index contributed by atoms with van der Waals surface area (Å²) in [5.41, 5.74) is 0.783. The molecule has 1 aromatic carbocycles. The Labute approximate surface area is 111 Å². The van der Waals surface area contributed by atoms with Crippen LogP contribution in [0.25, 0.3) is 10.9 Å². The van der Waals surface area contributed by atoms with Crippen molar-refractivity contribution in [1.29, 1.82) is 0 Å². The fourth-order valence-corrected chi connectivity index (χ4v) is 1.87. The van der Waals surface area contributed by atoms with Gasteiger partial charge in [-0.15, -0.1) is 0 Å². The van der Waals surface area contributed by atoms with Crippen molar-refractivity contribution in [2.75, 3.05) is 0 Å². The smallest absolute Gasteiger partial charge is 0.435 e. The van der Waals surface area contributed by atoms with Crippen LogP contribution in [0.5, 0.6) is 5.75 Å². The van der Waals surface area contributed by atoms with Crippen LogP contribution in [0.2, 0.25) is 0 Å². The number of carbonyl (C=O) groups is 1. The number of aryl methyl sites for hydroxylation is 1. The van der Waals surface area contributed by atoms with Gasteiger partial charge in [0.15, 0.2) is 0 Å². The molecule has 0 fully saturated rings. The second-order valence-corrected chi connectivity index (χ2v) is 5.39. The highest BCUT2D eigenvalue weighted by Crippen LogP contribution is 2.24. The number of hydrogen-bond acceptors (Lipinski definition) is 4. The summed E-state index contributed by atoms with van der Waals surface area (Å²) < 4.78 is 6.52.